The maximum atomic E-state index is 11.7. The van der Waals surface area contributed by atoms with Gasteiger partial charge in [-0.05, 0) is 12.8 Å². The van der Waals surface area contributed by atoms with Gasteiger partial charge in [0.15, 0.2) is 0 Å². The van der Waals surface area contributed by atoms with E-state index in [-0.39, 0.29) is 17.2 Å². The highest BCUT2D eigenvalue weighted by atomic mass is 16.5. The number of hydrogen-bond acceptors (Lipinski definition) is 3. The van der Waals surface area contributed by atoms with Crippen LogP contribution >= 0.6 is 0 Å². The molecule has 3 nitrogen and oxygen atoms in total. The minimum atomic E-state index is -0.487. The summed E-state index contributed by atoms with van der Waals surface area (Å²) < 4.78 is 5.17. The van der Waals surface area contributed by atoms with Gasteiger partial charge in [0, 0.05) is 18.3 Å². The third-order valence-electron chi connectivity index (χ3n) is 4.06. The molecule has 0 aromatic rings. The van der Waals surface area contributed by atoms with E-state index in [2.05, 4.69) is 6.08 Å². The average molecular weight is 192 g/mol. The molecule has 2 aliphatic carbocycles. The number of allylic oxidation sites excluding steroid dienone is 2. The van der Waals surface area contributed by atoms with Crippen LogP contribution in [0.25, 0.3) is 0 Å². The molecule has 0 aromatic carbocycles. The molecule has 0 spiro atoms. The zero-order valence-electron chi connectivity index (χ0n) is 7.91. The molecule has 2 fully saturated rings. The van der Waals surface area contributed by atoms with Gasteiger partial charge in [-0.2, -0.15) is 0 Å². The maximum absolute atomic E-state index is 11.7. The Hall–Kier alpha value is -1.12. The van der Waals surface area contributed by atoms with Crippen molar-refractivity contribution < 1.29 is 14.3 Å². The molecule has 0 radical (unpaired) electrons. The molecule has 0 N–H and O–H groups in total. The Bertz CT molecular complexity index is 358. The molecule has 3 rings (SSSR count). The second-order valence-electron chi connectivity index (χ2n) is 4.71. The van der Waals surface area contributed by atoms with Crippen molar-refractivity contribution in [3.05, 3.63) is 12.2 Å². The summed E-state index contributed by atoms with van der Waals surface area (Å²) in [6.45, 7) is 0.446. The van der Waals surface area contributed by atoms with Gasteiger partial charge in [-0.1, -0.05) is 12.2 Å². The van der Waals surface area contributed by atoms with Crippen LogP contribution in [0.15, 0.2) is 12.2 Å². The summed E-state index contributed by atoms with van der Waals surface area (Å²) in [5, 5.41) is 0. The molecule has 74 valence electrons. The molecule has 2 atom stereocenters. The van der Waals surface area contributed by atoms with Crippen molar-refractivity contribution in [2.24, 2.45) is 10.8 Å². The number of Topliss-reactive ketones (excluding diaryl/α,β-unsaturated/α-hetero) is 1. The number of rotatable bonds is 0. The second-order valence-corrected chi connectivity index (χ2v) is 4.71. The Balaban J connectivity index is 2.16. The Morgan fingerprint density at radius 3 is 2.71 bits per heavy atom. The number of hydrogen-bond donors (Lipinski definition) is 0. The van der Waals surface area contributed by atoms with Gasteiger partial charge in [-0.25, -0.2) is 0 Å². The van der Waals surface area contributed by atoms with Crippen LogP contribution in [0, 0.1) is 10.8 Å². The molecule has 0 bridgehead atoms. The van der Waals surface area contributed by atoms with Crippen LogP contribution in [-0.4, -0.2) is 18.4 Å². The van der Waals surface area contributed by atoms with Crippen molar-refractivity contribution in [1.82, 2.24) is 0 Å². The highest BCUT2D eigenvalue weighted by molar-refractivity contribution is 5.94. The summed E-state index contributed by atoms with van der Waals surface area (Å²) in [4.78, 5) is 23.3. The second kappa shape index (κ2) is 2.27. The summed E-state index contributed by atoms with van der Waals surface area (Å²) in [6.07, 6.45) is 6.55. The van der Waals surface area contributed by atoms with Gasteiger partial charge < -0.3 is 4.74 Å². The molecular weight excluding hydrogens is 180 g/mol. The quantitative estimate of drug-likeness (QED) is 0.428. The molecule has 0 aromatic heterocycles. The molecule has 3 heteroatoms. The molecular formula is C11H12O3. The lowest BCUT2D eigenvalue weighted by Crippen LogP contribution is -2.39. The van der Waals surface area contributed by atoms with E-state index in [4.69, 9.17) is 4.74 Å². The number of carbonyl (C=O) groups is 2. The summed E-state index contributed by atoms with van der Waals surface area (Å²) in [5.74, 6) is 0.0815. The highest BCUT2D eigenvalue weighted by Gasteiger charge is 2.67. The fourth-order valence-corrected chi connectivity index (χ4v) is 3.24. The van der Waals surface area contributed by atoms with Crippen molar-refractivity contribution in [2.75, 3.05) is 6.61 Å². The van der Waals surface area contributed by atoms with Gasteiger partial charge in [-0.15, -0.1) is 0 Å². The lowest BCUT2D eigenvalue weighted by Gasteiger charge is -2.36. The van der Waals surface area contributed by atoms with Gasteiger partial charge in [0.1, 0.15) is 5.78 Å². The Morgan fingerprint density at radius 1 is 1.14 bits per heavy atom. The van der Waals surface area contributed by atoms with Gasteiger partial charge >= 0.3 is 5.97 Å². The molecule has 0 amide bonds. The van der Waals surface area contributed by atoms with E-state index in [0.29, 0.717) is 25.9 Å². The lowest BCUT2D eigenvalue weighted by atomic mass is 9.62. The van der Waals surface area contributed by atoms with Gasteiger partial charge in [0.05, 0.1) is 12.0 Å². The van der Waals surface area contributed by atoms with Crippen LogP contribution in [0.5, 0.6) is 0 Å². The molecule has 1 heterocycles. The van der Waals surface area contributed by atoms with Crippen molar-refractivity contribution in [2.45, 2.75) is 25.7 Å². The topological polar surface area (TPSA) is 43.4 Å². The molecule has 0 unspecified atom stereocenters. The van der Waals surface area contributed by atoms with E-state index in [0.717, 1.165) is 6.42 Å². The monoisotopic (exact) mass is 192 g/mol. The van der Waals surface area contributed by atoms with Crippen molar-refractivity contribution in [3.8, 4) is 0 Å². The maximum Gasteiger partial charge on any atom is 0.313 e. The van der Waals surface area contributed by atoms with Gasteiger partial charge in [0.25, 0.3) is 0 Å². The van der Waals surface area contributed by atoms with Crippen molar-refractivity contribution in [1.29, 1.82) is 0 Å². The first kappa shape index (κ1) is 8.21. The number of ketones is 1. The van der Waals surface area contributed by atoms with Crippen LogP contribution < -0.4 is 0 Å². The molecule has 14 heavy (non-hydrogen) atoms. The van der Waals surface area contributed by atoms with Crippen molar-refractivity contribution in [3.63, 3.8) is 0 Å². The summed E-state index contributed by atoms with van der Waals surface area (Å²) in [5.41, 5.74) is -0.672. The minimum absolute atomic E-state index is 0.146. The van der Waals surface area contributed by atoms with Crippen LogP contribution in [0.3, 0.4) is 0 Å². The largest absolute Gasteiger partial charge is 0.465 e. The number of ether oxygens (including phenoxy) is 1. The highest BCUT2D eigenvalue weighted by Crippen LogP contribution is 2.61. The van der Waals surface area contributed by atoms with Crippen LogP contribution in [0.1, 0.15) is 25.7 Å². The third-order valence-corrected chi connectivity index (χ3v) is 4.06. The van der Waals surface area contributed by atoms with E-state index < -0.39 is 5.41 Å². The standard InChI is InChI=1S/C11H12O3/c12-8-5-10-3-1-2-4-11(10,6-8)9(13)14-7-10/h1-2H,3-7H2/t10-,11+/m1/s1. The first-order valence-electron chi connectivity index (χ1n) is 5.03. The van der Waals surface area contributed by atoms with Gasteiger partial charge in [0.2, 0.25) is 0 Å². The summed E-state index contributed by atoms with van der Waals surface area (Å²) in [6, 6.07) is 0. The molecule has 1 aliphatic heterocycles. The number of carbonyl (C=O) groups excluding carboxylic acids is 2. The molecule has 1 saturated heterocycles. The van der Waals surface area contributed by atoms with E-state index in [1.807, 2.05) is 6.08 Å². The first-order valence-corrected chi connectivity index (χ1v) is 5.03. The summed E-state index contributed by atoms with van der Waals surface area (Å²) >= 11 is 0. The third kappa shape index (κ3) is 0.703. The number of esters is 1. The number of cyclic esters (lactones) is 1. The van der Waals surface area contributed by atoms with E-state index in [9.17, 15) is 9.59 Å². The predicted molar refractivity (Wildman–Crippen MR) is 48.4 cm³/mol. The normalized spacial score (nSPS) is 44.9. The first-order chi connectivity index (χ1) is 6.69. The van der Waals surface area contributed by atoms with E-state index in [1.54, 1.807) is 0 Å². The predicted octanol–water partition coefficient (Wildman–Crippen LogP) is 1.23. The Kier molecular flexibility index (Phi) is 1.33. The van der Waals surface area contributed by atoms with Crippen LogP contribution in [0.2, 0.25) is 0 Å². The van der Waals surface area contributed by atoms with Crippen LogP contribution in [-0.2, 0) is 14.3 Å². The van der Waals surface area contributed by atoms with Crippen molar-refractivity contribution >= 4 is 11.8 Å². The lowest BCUT2D eigenvalue weighted by molar-refractivity contribution is -0.147. The zero-order valence-corrected chi connectivity index (χ0v) is 7.91. The Labute approximate surface area is 82.1 Å². The minimum Gasteiger partial charge on any atom is -0.465 e. The van der Waals surface area contributed by atoms with Gasteiger partial charge in [-0.3, -0.25) is 9.59 Å². The zero-order chi connectivity index (χ0) is 9.81. The van der Waals surface area contributed by atoms with E-state index in [1.165, 1.54) is 0 Å². The van der Waals surface area contributed by atoms with E-state index >= 15 is 0 Å². The molecule has 3 aliphatic rings. The average Bonchev–Trinajstić information content (AvgIpc) is 2.60. The fraction of sp³-hybridized carbons (Fsp3) is 0.636. The SMILES string of the molecule is O=C1C[C@@]23CC=CC[C@]2(C1)C(=O)OC3. The Morgan fingerprint density at radius 2 is 1.93 bits per heavy atom. The smallest absolute Gasteiger partial charge is 0.313 e. The molecule has 1 saturated carbocycles. The fourth-order valence-electron chi connectivity index (χ4n) is 3.24. The summed E-state index contributed by atoms with van der Waals surface area (Å²) in [7, 11) is 0. The van der Waals surface area contributed by atoms with Crippen LogP contribution in [0.4, 0.5) is 0 Å².